The minimum absolute atomic E-state index is 0.149. The summed E-state index contributed by atoms with van der Waals surface area (Å²) in [5, 5.41) is 0. The third-order valence-corrected chi connectivity index (χ3v) is 4.02. The normalized spacial score (nSPS) is 18.3. The van der Waals surface area contributed by atoms with Gasteiger partial charge in [0, 0.05) is 17.5 Å². The Morgan fingerprint density at radius 3 is 2.50 bits per heavy atom. The highest BCUT2D eigenvalue weighted by Gasteiger charge is 2.36. The molecule has 2 nitrogen and oxygen atoms in total. The second-order valence-electron chi connectivity index (χ2n) is 5.86. The average molecular weight is 247 g/mol. The molecular weight excluding hydrogens is 222 g/mol. The van der Waals surface area contributed by atoms with Crippen molar-refractivity contribution < 1.29 is 4.74 Å². The van der Waals surface area contributed by atoms with Gasteiger partial charge in [-0.1, -0.05) is 30.5 Å². The summed E-state index contributed by atoms with van der Waals surface area (Å²) in [6, 6.07) is 6.51. The average Bonchev–Trinajstić information content (AvgIpc) is 2.80. The molecule has 1 aliphatic rings. The van der Waals surface area contributed by atoms with Crippen molar-refractivity contribution in [3.8, 4) is 5.75 Å². The molecule has 18 heavy (non-hydrogen) atoms. The van der Waals surface area contributed by atoms with Crippen molar-refractivity contribution in [3.63, 3.8) is 0 Å². The van der Waals surface area contributed by atoms with Gasteiger partial charge in [-0.25, -0.2) is 0 Å². The Morgan fingerprint density at radius 1 is 1.28 bits per heavy atom. The van der Waals surface area contributed by atoms with Crippen molar-refractivity contribution in [1.82, 2.24) is 0 Å². The molecule has 2 N–H and O–H groups in total. The largest absolute Gasteiger partial charge is 0.491 e. The van der Waals surface area contributed by atoms with E-state index >= 15 is 0 Å². The van der Waals surface area contributed by atoms with Gasteiger partial charge in [0.25, 0.3) is 0 Å². The first-order valence-electron chi connectivity index (χ1n) is 7.05. The van der Waals surface area contributed by atoms with Gasteiger partial charge in [0.05, 0.1) is 6.10 Å². The number of benzene rings is 1. The van der Waals surface area contributed by atoms with Crippen molar-refractivity contribution in [1.29, 1.82) is 0 Å². The van der Waals surface area contributed by atoms with E-state index in [-0.39, 0.29) is 11.5 Å². The number of rotatable bonds is 4. The Balaban J connectivity index is 2.43. The molecule has 1 fully saturated rings. The van der Waals surface area contributed by atoms with E-state index in [0.717, 1.165) is 12.3 Å². The summed E-state index contributed by atoms with van der Waals surface area (Å²) >= 11 is 0. The smallest absolute Gasteiger partial charge is 0.123 e. The van der Waals surface area contributed by atoms with Crippen LogP contribution < -0.4 is 10.5 Å². The lowest BCUT2D eigenvalue weighted by Gasteiger charge is -2.30. The molecule has 0 aromatic heterocycles. The number of aryl methyl sites for hydroxylation is 1. The lowest BCUT2D eigenvalue weighted by atomic mass is 9.78. The predicted octanol–water partition coefficient (Wildman–Crippen LogP) is 3.55. The summed E-state index contributed by atoms with van der Waals surface area (Å²) in [5.74, 6) is 1.03. The zero-order valence-electron chi connectivity index (χ0n) is 11.8. The SMILES string of the molecule is Cc1ccc(OC(C)C)c(C2(CN)CCCC2)c1. The number of hydrogen-bond donors (Lipinski definition) is 1. The summed E-state index contributed by atoms with van der Waals surface area (Å²) in [6.45, 7) is 7.02. The molecule has 0 saturated heterocycles. The van der Waals surface area contributed by atoms with Crippen LogP contribution in [0.2, 0.25) is 0 Å². The Hall–Kier alpha value is -1.02. The van der Waals surface area contributed by atoms with Crippen LogP contribution in [0.4, 0.5) is 0 Å². The zero-order chi connectivity index (χ0) is 13.2. The van der Waals surface area contributed by atoms with Crippen molar-refractivity contribution >= 4 is 0 Å². The highest BCUT2D eigenvalue weighted by atomic mass is 16.5. The van der Waals surface area contributed by atoms with Crippen LogP contribution in [0.15, 0.2) is 18.2 Å². The van der Waals surface area contributed by atoms with Crippen LogP contribution in [0.5, 0.6) is 5.75 Å². The van der Waals surface area contributed by atoms with Crippen molar-refractivity contribution in [2.45, 2.75) is 58.0 Å². The van der Waals surface area contributed by atoms with Crippen molar-refractivity contribution in [2.24, 2.45) is 5.73 Å². The van der Waals surface area contributed by atoms with Gasteiger partial charge in [-0.05, 0) is 39.7 Å². The number of ether oxygens (including phenoxy) is 1. The van der Waals surface area contributed by atoms with Gasteiger partial charge in [-0.15, -0.1) is 0 Å². The summed E-state index contributed by atoms with van der Waals surface area (Å²) < 4.78 is 5.98. The summed E-state index contributed by atoms with van der Waals surface area (Å²) in [7, 11) is 0. The molecule has 1 saturated carbocycles. The van der Waals surface area contributed by atoms with Crippen LogP contribution in [-0.4, -0.2) is 12.6 Å². The fraction of sp³-hybridized carbons (Fsp3) is 0.625. The van der Waals surface area contributed by atoms with E-state index in [1.165, 1.54) is 36.8 Å². The van der Waals surface area contributed by atoms with Crippen LogP contribution in [0.1, 0.15) is 50.7 Å². The molecule has 2 heteroatoms. The lowest BCUT2D eigenvalue weighted by Crippen LogP contribution is -2.33. The maximum Gasteiger partial charge on any atom is 0.123 e. The van der Waals surface area contributed by atoms with Crippen molar-refractivity contribution in [2.75, 3.05) is 6.54 Å². The quantitative estimate of drug-likeness (QED) is 0.883. The molecule has 0 heterocycles. The van der Waals surface area contributed by atoms with E-state index in [1.54, 1.807) is 0 Å². The molecule has 0 unspecified atom stereocenters. The molecule has 2 rings (SSSR count). The predicted molar refractivity (Wildman–Crippen MR) is 76.1 cm³/mol. The third kappa shape index (κ3) is 2.54. The molecule has 1 aromatic rings. The Bertz CT molecular complexity index is 406. The maximum absolute atomic E-state index is 6.10. The fourth-order valence-electron chi connectivity index (χ4n) is 3.05. The standard InChI is InChI=1S/C16H25NO/c1-12(2)18-15-7-6-13(3)10-14(15)16(11-17)8-4-5-9-16/h6-7,10,12H,4-5,8-9,11,17H2,1-3H3. The maximum atomic E-state index is 6.10. The van der Waals surface area contributed by atoms with Gasteiger partial charge < -0.3 is 10.5 Å². The summed E-state index contributed by atoms with van der Waals surface area (Å²) in [5.41, 5.74) is 8.87. The second-order valence-corrected chi connectivity index (χ2v) is 5.86. The van der Waals surface area contributed by atoms with Gasteiger partial charge in [-0.3, -0.25) is 0 Å². The molecule has 0 amide bonds. The van der Waals surface area contributed by atoms with E-state index in [4.69, 9.17) is 10.5 Å². The van der Waals surface area contributed by atoms with Gasteiger partial charge >= 0.3 is 0 Å². The van der Waals surface area contributed by atoms with E-state index in [9.17, 15) is 0 Å². The van der Waals surface area contributed by atoms with E-state index in [1.807, 2.05) is 0 Å². The van der Waals surface area contributed by atoms with Gasteiger partial charge in [0.15, 0.2) is 0 Å². The first kappa shape index (κ1) is 13.4. The summed E-state index contributed by atoms with van der Waals surface area (Å²) in [6.07, 6.45) is 5.17. The van der Waals surface area contributed by atoms with Gasteiger partial charge in [-0.2, -0.15) is 0 Å². The minimum Gasteiger partial charge on any atom is -0.491 e. The zero-order valence-corrected chi connectivity index (χ0v) is 11.8. The highest BCUT2D eigenvalue weighted by molar-refractivity contribution is 5.43. The molecule has 0 aliphatic heterocycles. The Kier molecular flexibility index (Phi) is 3.96. The van der Waals surface area contributed by atoms with Crippen LogP contribution >= 0.6 is 0 Å². The van der Waals surface area contributed by atoms with Crippen LogP contribution in [-0.2, 0) is 5.41 Å². The molecular formula is C16H25NO. The van der Waals surface area contributed by atoms with Crippen LogP contribution in [0, 0.1) is 6.92 Å². The highest BCUT2D eigenvalue weighted by Crippen LogP contribution is 2.44. The first-order chi connectivity index (χ1) is 8.57. The molecule has 1 aromatic carbocycles. The minimum atomic E-state index is 0.149. The Labute approximate surface area is 111 Å². The molecule has 0 radical (unpaired) electrons. The monoisotopic (exact) mass is 247 g/mol. The second kappa shape index (κ2) is 5.31. The number of hydrogen-bond acceptors (Lipinski definition) is 2. The Morgan fingerprint density at radius 2 is 1.94 bits per heavy atom. The first-order valence-corrected chi connectivity index (χ1v) is 7.05. The van der Waals surface area contributed by atoms with Gasteiger partial charge in [0.2, 0.25) is 0 Å². The molecule has 100 valence electrons. The topological polar surface area (TPSA) is 35.2 Å². The summed E-state index contributed by atoms with van der Waals surface area (Å²) in [4.78, 5) is 0. The van der Waals surface area contributed by atoms with E-state index in [0.29, 0.717) is 0 Å². The third-order valence-electron chi connectivity index (χ3n) is 4.02. The molecule has 0 bridgehead atoms. The molecule has 0 spiro atoms. The van der Waals surface area contributed by atoms with Crippen molar-refractivity contribution in [3.05, 3.63) is 29.3 Å². The van der Waals surface area contributed by atoms with E-state index < -0.39 is 0 Å². The van der Waals surface area contributed by atoms with Crippen LogP contribution in [0.25, 0.3) is 0 Å². The van der Waals surface area contributed by atoms with Crippen LogP contribution in [0.3, 0.4) is 0 Å². The van der Waals surface area contributed by atoms with Gasteiger partial charge in [0.1, 0.15) is 5.75 Å². The number of nitrogens with two attached hydrogens (primary N) is 1. The lowest BCUT2D eigenvalue weighted by molar-refractivity contribution is 0.234. The molecule has 0 atom stereocenters. The molecule has 1 aliphatic carbocycles. The fourth-order valence-corrected chi connectivity index (χ4v) is 3.05. The van der Waals surface area contributed by atoms with E-state index in [2.05, 4.69) is 39.0 Å².